The third kappa shape index (κ3) is 2.05. The second-order valence-electron chi connectivity index (χ2n) is 3.35. The molecule has 1 heterocycles. The van der Waals surface area contributed by atoms with Gasteiger partial charge in [0.1, 0.15) is 12.8 Å². The van der Waals surface area contributed by atoms with E-state index in [0.29, 0.717) is 22.8 Å². The van der Waals surface area contributed by atoms with Gasteiger partial charge < -0.3 is 0 Å². The molecule has 0 radical (unpaired) electrons. The maximum absolute atomic E-state index is 12.2. The van der Waals surface area contributed by atoms with Crippen LogP contribution in [0.5, 0.6) is 0 Å². The van der Waals surface area contributed by atoms with Gasteiger partial charge >= 0.3 is 6.18 Å². The third-order valence-electron chi connectivity index (χ3n) is 2.13. The Balaban J connectivity index is 2.45. The molecular weight excluding hydrogens is 221 g/mol. The lowest BCUT2D eigenvalue weighted by Crippen LogP contribution is -2.18. The topological polar surface area (TPSA) is 34.9 Å². The Labute approximate surface area is 88.5 Å². The Morgan fingerprint density at radius 2 is 2.12 bits per heavy atom. The van der Waals surface area contributed by atoms with Crippen molar-refractivity contribution in [2.75, 3.05) is 0 Å². The van der Waals surface area contributed by atoms with Crippen molar-refractivity contribution in [3.63, 3.8) is 0 Å². The lowest BCUT2D eigenvalue weighted by molar-refractivity contribution is -0.141. The lowest BCUT2D eigenvalue weighted by atomic mass is 10.2. The highest BCUT2D eigenvalue weighted by Crippen LogP contribution is 2.21. The summed E-state index contributed by atoms with van der Waals surface area (Å²) in [5.74, 6) is 0. The molecule has 6 heteroatoms. The van der Waals surface area contributed by atoms with Gasteiger partial charge in [-0.3, -0.25) is 9.48 Å². The number of benzene rings is 1. The molecule has 16 heavy (non-hydrogen) atoms. The summed E-state index contributed by atoms with van der Waals surface area (Å²) in [7, 11) is 0. The van der Waals surface area contributed by atoms with E-state index in [0.717, 1.165) is 4.68 Å². The van der Waals surface area contributed by atoms with Crippen molar-refractivity contribution in [2.24, 2.45) is 0 Å². The Bertz CT molecular complexity index is 530. The summed E-state index contributed by atoms with van der Waals surface area (Å²) < 4.78 is 37.4. The van der Waals surface area contributed by atoms with Gasteiger partial charge in [0.25, 0.3) is 0 Å². The second-order valence-corrected chi connectivity index (χ2v) is 3.35. The number of hydrogen-bond donors (Lipinski definition) is 0. The van der Waals surface area contributed by atoms with Crippen LogP contribution in [-0.2, 0) is 6.54 Å². The first kappa shape index (κ1) is 10.7. The van der Waals surface area contributed by atoms with Gasteiger partial charge in [0.2, 0.25) is 0 Å². The van der Waals surface area contributed by atoms with Crippen LogP contribution in [0.4, 0.5) is 13.2 Å². The number of aromatic nitrogens is 2. The van der Waals surface area contributed by atoms with Gasteiger partial charge in [0.05, 0.1) is 11.7 Å². The fourth-order valence-electron chi connectivity index (χ4n) is 1.47. The molecule has 0 fully saturated rings. The van der Waals surface area contributed by atoms with Crippen LogP contribution >= 0.6 is 0 Å². The largest absolute Gasteiger partial charge is 0.408 e. The zero-order valence-electron chi connectivity index (χ0n) is 8.03. The van der Waals surface area contributed by atoms with E-state index in [-0.39, 0.29) is 0 Å². The van der Waals surface area contributed by atoms with Crippen molar-refractivity contribution < 1.29 is 18.0 Å². The first-order chi connectivity index (χ1) is 7.49. The summed E-state index contributed by atoms with van der Waals surface area (Å²) in [5.41, 5.74) is 0.780. The molecule has 0 saturated carbocycles. The van der Waals surface area contributed by atoms with Crippen molar-refractivity contribution in [1.29, 1.82) is 0 Å². The zero-order chi connectivity index (χ0) is 11.8. The van der Waals surface area contributed by atoms with Crippen LogP contribution in [-0.4, -0.2) is 22.2 Å². The molecule has 2 rings (SSSR count). The van der Waals surface area contributed by atoms with Gasteiger partial charge in [-0.2, -0.15) is 18.3 Å². The Hall–Kier alpha value is -1.85. The summed E-state index contributed by atoms with van der Waals surface area (Å²) in [5, 5.41) is 4.16. The number of carbonyl (C=O) groups is 1. The number of halogens is 3. The van der Waals surface area contributed by atoms with E-state index in [2.05, 4.69) is 5.10 Å². The number of rotatable bonds is 2. The van der Waals surface area contributed by atoms with Crippen molar-refractivity contribution in [1.82, 2.24) is 9.78 Å². The van der Waals surface area contributed by atoms with Crippen LogP contribution in [0.15, 0.2) is 24.4 Å². The minimum absolute atomic E-state index is 0.364. The van der Waals surface area contributed by atoms with E-state index in [1.165, 1.54) is 24.4 Å². The summed E-state index contributed by atoms with van der Waals surface area (Å²) in [6, 6.07) is 4.42. The fraction of sp³-hybridized carbons (Fsp3) is 0.200. The molecule has 2 aromatic rings. The summed E-state index contributed by atoms with van der Waals surface area (Å²) in [6.07, 6.45) is -2.35. The SMILES string of the molecule is O=Cc1ccc2c(cnn2CC(F)(F)F)c1. The molecule has 0 amide bonds. The number of nitrogens with zero attached hydrogens (tertiary/aromatic N) is 2. The molecule has 1 aromatic carbocycles. The van der Waals surface area contributed by atoms with E-state index >= 15 is 0 Å². The predicted molar refractivity (Wildman–Crippen MR) is 51.2 cm³/mol. The molecule has 0 spiro atoms. The second kappa shape index (κ2) is 3.62. The van der Waals surface area contributed by atoms with E-state index in [4.69, 9.17) is 0 Å². The van der Waals surface area contributed by atoms with Crippen LogP contribution < -0.4 is 0 Å². The van der Waals surface area contributed by atoms with E-state index in [1.54, 1.807) is 0 Å². The molecule has 0 N–H and O–H groups in total. The van der Waals surface area contributed by atoms with Gasteiger partial charge in [0, 0.05) is 10.9 Å². The fourth-order valence-corrected chi connectivity index (χ4v) is 1.47. The van der Waals surface area contributed by atoms with Crippen LogP contribution in [0.2, 0.25) is 0 Å². The monoisotopic (exact) mass is 228 g/mol. The van der Waals surface area contributed by atoms with Gasteiger partial charge in [-0.25, -0.2) is 0 Å². The van der Waals surface area contributed by atoms with Crippen LogP contribution in [0.3, 0.4) is 0 Å². The molecule has 0 aliphatic heterocycles. The average Bonchev–Trinajstić information content (AvgIpc) is 2.58. The number of alkyl halides is 3. The quantitative estimate of drug-likeness (QED) is 0.740. The van der Waals surface area contributed by atoms with Crippen molar-refractivity contribution in [2.45, 2.75) is 12.7 Å². The van der Waals surface area contributed by atoms with Gasteiger partial charge in [-0.1, -0.05) is 0 Å². The van der Waals surface area contributed by atoms with Gasteiger partial charge in [0.15, 0.2) is 0 Å². The maximum Gasteiger partial charge on any atom is 0.408 e. The van der Waals surface area contributed by atoms with E-state index in [1.807, 2.05) is 0 Å². The van der Waals surface area contributed by atoms with E-state index < -0.39 is 12.7 Å². The van der Waals surface area contributed by atoms with Gasteiger partial charge in [-0.15, -0.1) is 0 Å². The first-order valence-corrected chi connectivity index (χ1v) is 4.47. The van der Waals surface area contributed by atoms with Crippen molar-refractivity contribution in [3.05, 3.63) is 30.0 Å². The number of hydrogen-bond acceptors (Lipinski definition) is 2. The van der Waals surface area contributed by atoms with Crippen LogP contribution in [0.25, 0.3) is 10.9 Å². The Morgan fingerprint density at radius 1 is 1.38 bits per heavy atom. The molecule has 1 aromatic heterocycles. The Kier molecular flexibility index (Phi) is 2.41. The Morgan fingerprint density at radius 3 is 2.75 bits per heavy atom. The highest BCUT2D eigenvalue weighted by Gasteiger charge is 2.29. The molecule has 0 unspecified atom stereocenters. The maximum atomic E-state index is 12.2. The smallest absolute Gasteiger partial charge is 0.298 e. The number of carbonyl (C=O) groups excluding carboxylic acids is 1. The number of aldehydes is 1. The van der Waals surface area contributed by atoms with Gasteiger partial charge in [-0.05, 0) is 18.2 Å². The predicted octanol–water partition coefficient (Wildman–Crippen LogP) is 2.41. The molecular formula is C10H7F3N2O. The third-order valence-corrected chi connectivity index (χ3v) is 2.13. The normalized spacial score (nSPS) is 11.9. The molecule has 0 saturated heterocycles. The molecule has 84 valence electrons. The summed E-state index contributed by atoms with van der Waals surface area (Å²) in [6.45, 7) is -1.13. The molecule has 3 nitrogen and oxygen atoms in total. The van der Waals surface area contributed by atoms with Crippen molar-refractivity contribution in [3.8, 4) is 0 Å². The number of fused-ring (bicyclic) bond motifs is 1. The van der Waals surface area contributed by atoms with Crippen LogP contribution in [0.1, 0.15) is 10.4 Å². The molecule has 0 bridgehead atoms. The average molecular weight is 228 g/mol. The minimum Gasteiger partial charge on any atom is -0.298 e. The highest BCUT2D eigenvalue weighted by atomic mass is 19.4. The molecule has 0 atom stereocenters. The van der Waals surface area contributed by atoms with Crippen molar-refractivity contribution >= 4 is 17.2 Å². The zero-order valence-corrected chi connectivity index (χ0v) is 8.03. The lowest BCUT2D eigenvalue weighted by Gasteiger charge is -2.07. The molecule has 0 aliphatic carbocycles. The summed E-state index contributed by atoms with van der Waals surface area (Å²) in [4.78, 5) is 10.5. The molecule has 0 aliphatic rings. The standard InChI is InChI=1S/C10H7F3N2O/c11-10(12,13)6-15-9-2-1-7(5-16)3-8(9)4-14-15/h1-5H,6H2. The highest BCUT2D eigenvalue weighted by molar-refractivity contribution is 5.86. The minimum atomic E-state index is -4.30. The first-order valence-electron chi connectivity index (χ1n) is 4.47. The summed E-state index contributed by atoms with van der Waals surface area (Å²) >= 11 is 0. The van der Waals surface area contributed by atoms with Crippen LogP contribution in [0, 0.1) is 0 Å². The van der Waals surface area contributed by atoms with E-state index in [9.17, 15) is 18.0 Å².